The third-order valence-corrected chi connectivity index (χ3v) is 2.92. The van der Waals surface area contributed by atoms with Crippen LogP contribution in [0.2, 0.25) is 0 Å². The maximum atomic E-state index is 12.0. The van der Waals surface area contributed by atoms with Gasteiger partial charge in [-0.1, -0.05) is 13.8 Å². The van der Waals surface area contributed by atoms with Gasteiger partial charge in [-0.15, -0.1) is 0 Å². The van der Waals surface area contributed by atoms with Crippen LogP contribution in [-0.2, 0) is 4.79 Å². The molecule has 0 spiro atoms. The lowest BCUT2D eigenvalue weighted by molar-refractivity contribution is -0.120. The van der Waals surface area contributed by atoms with E-state index in [9.17, 15) is 4.79 Å². The zero-order valence-electron chi connectivity index (χ0n) is 11.0. The largest absolute Gasteiger partial charge is 0.330 e. The van der Waals surface area contributed by atoms with E-state index in [1.165, 1.54) is 12.1 Å². The number of hydrogen-bond donors (Lipinski definition) is 2. The molecule has 0 heterocycles. The molecule has 1 rings (SSSR count). The molecule has 1 amide bonds. The molecule has 5 heteroatoms. The maximum Gasteiger partial charge on any atom is 0.229 e. The standard InChI is InChI=1S/C14H16N4O/c1-9(2)13(8-17)14(19)18-12-4-3-10(6-15)11(5-12)7-16/h3-5,9,13H,8,17H2,1-2H3,(H,18,19). The molecule has 0 saturated heterocycles. The molecule has 98 valence electrons. The molecule has 0 radical (unpaired) electrons. The van der Waals surface area contributed by atoms with Gasteiger partial charge in [0.2, 0.25) is 5.91 Å². The number of hydrogen-bond acceptors (Lipinski definition) is 4. The average molecular weight is 256 g/mol. The summed E-state index contributed by atoms with van der Waals surface area (Å²) in [7, 11) is 0. The molecule has 1 aromatic carbocycles. The van der Waals surface area contributed by atoms with E-state index in [-0.39, 0.29) is 29.9 Å². The number of anilines is 1. The number of carbonyl (C=O) groups is 1. The number of nitrogens with zero attached hydrogens (tertiary/aromatic N) is 2. The fourth-order valence-electron chi connectivity index (χ4n) is 1.73. The normalized spacial score (nSPS) is 11.5. The third-order valence-electron chi connectivity index (χ3n) is 2.92. The highest BCUT2D eigenvalue weighted by atomic mass is 16.1. The minimum absolute atomic E-state index is 0.138. The summed E-state index contributed by atoms with van der Waals surface area (Å²) in [4.78, 5) is 12.0. The Bertz CT molecular complexity index is 552. The molecule has 0 aromatic heterocycles. The van der Waals surface area contributed by atoms with Crippen LogP contribution in [0.25, 0.3) is 0 Å². The van der Waals surface area contributed by atoms with Gasteiger partial charge in [0, 0.05) is 12.2 Å². The summed E-state index contributed by atoms with van der Waals surface area (Å²) < 4.78 is 0. The third kappa shape index (κ3) is 3.54. The Hall–Kier alpha value is -2.37. The van der Waals surface area contributed by atoms with Crippen LogP contribution in [0.15, 0.2) is 18.2 Å². The average Bonchev–Trinajstić information content (AvgIpc) is 2.38. The molecule has 0 saturated carbocycles. The van der Waals surface area contributed by atoms with E-state index in [4.69, 9.17) is 16.3 Å². The van der Waals surface area contributed by atoms with E-state index in [0.29, 0.717) is 11.3 Å². The first-order chi connectivity index (χ1) is 9.03. The van der Waals surface area contributed by atoms with Gasteiger partial charge in [-0.2, -0.15) is 10.5 Å². The summed E-state index contributed by atoms with van der Waals surface area (Å²) in [6, 6.07) is 8.46. The molecule has 19 heavy (non-hydrogen) atoms. The number of carbonyl (C=O) groups excluding carboxylic acids is 1. The lowest BCUT2D eigenvalue weighted by Crippen LogP contribution is -2.33. The van der Waals surface area contributed by atoms with Crippen LogP contribution in [0.4, 0.5) is 5.69 Å². The molecule has 3 N–H and O–H groups in total. The van der Waals surface area contributed by atoms with Gasteiger partial charge in [-0.05, 0) is 24.1 Å². The smallest absolute Gasteiger partial charge is 0.229 e. The van der Waals surface area contributed by atoms with Crippen LogP contribution in [0, 0.1) is 34.5 Å². The SMILES string of the molecule is CC(C)C(CN)C(=O)Nc1ccc(C#N)c(C#N)c1. The van der Waals surface area contributed by atoms with Crippen molar-refractivity contribution in [3.05, 3.63) is 29.3 Å². The van der Waals surface area contributed by atoms with E-state index in [2.05, 4.69) is 5.32 Å². The fraction of sp³-hybridized carbons (Fsp3) is 0.357. The second-order valence-electron chi connectivity index (χ2n) is 4.56. The van der Waals surface area contributed by atoms with Gasteiger partial charge < -0.3 is 11.1 Å². The number of nitrogens with one attached hydrogen (secondary N) is 1. The predicted molar refractivity (Wildman–Crippen MR) is 71.9 cm³/mol. The van der Waals surface area contributed by atoms with Gasteiger partial charge in [0.1, 0.15) is 12.1 Å². The van der Waals surface area contributed by atoms with Crippen molar-refractivity contribution < 1.29 is 4.79 Å². The molecule has 1 aromatic rings. The van der Waals surface area contributed by atoms with Crippen LogP contribution in [0.1, 0.15) is 25.0 Å². The van der Waals surface area contributed by atoms with Crippen LogP contribution in [0.5, 0.6) is 0 Å². The van der Waals surface area contributed by atoms with Crippen molar-refractivity contribution in [3.63, 3.8) is 0 Å². The van der Waals surface area contributed by atoms with E-state index >= 15 is 0 Å². The fourth-order valence-corrected chi connectivity index (χ4v) is 1.73. The number of nitriles is 2. The Morgan fingerprint density at radius 3 is 2.42 bits per heavy atom. The number of rotatable bonds is 4. The Morgan fingerprint density at radius 1 is 1.32 bits per heavy atom. The second kappa shape index (κ2) is 6.53. The van der Waals surface area contributed by atoms with Gasteiger partial charge in [0.05, 0.1) is 17.0 Å². The molecule has 0 aliphatic rings. The van der Waals surface area contributed by atoms with Gasteiger partial charge in [0.25, 0.3) is 0 Å². The molecule has 5 nitrogen and oxygen atoms in total. The molecule has 0 aliphatic carbocycles. The van der Waals surface area contributed by atoms with Gasteiger partial charge in [-0.25, -0.2) is 0 Å². The number of benzene rings is 1. The topological polar surface area (TPSA) is 103 Å². The number of amides is 1. The number of nitrogens with two attached hydrogens (primary N) is 1. The lowest BCUT2D eigenvalue weighted by Gasteiger charge is -2.18. The second-order valence-corrected chi connectivity index (χ2v) is 4.56. The monoisotopic (exact) mass is 256 g/mol. The molecule has 0 fully saturated rings. The highest BCUT2D eigenvalue weighted by molar-refractivity contribution is 5.93. The zero-order chi connectivity index (χ0) is 14.4. The zero-order valence-corrected chi connectivity index (χ0v) is 11.0. The van der Waals surface area contributed by atoms with Crippen molar-refractivity contribution in [3.8, 4) is 12.1 Å². The molecule has 0 aliphatic heterocycles. The summed E-state index contributed by atoms with van der Waals surface area (Å²) in [5, 5.41) is 20.5. The first kappa shape index (κ1) is 14.7. The van der Waals surface area contributed by atoms with Crippen LogP contribution >= 0.6 is 0 Å². The lowest BCUT2D eigenvalue weighted by atomic mass is 9.95. The minimum atomic E-state index is -0.277. The van der Waals surface area contributed by atoms with Gasteiger partial charge in [-0.3, -0.25) is 4.79 Å². The van der Waals surface area contributed by atoms with Crippen molar-refractivity contribution in [2.75, 3.05) is 11.9 Å². The molecule has 1 atom stereocenters. The van der Waals surface area contributed by atoms with E-state index < -0.39 is 0 Å². The first-order valence-corrected chi connectivity index (χ1v) is 5.98. The molecule has 0 bridgehead atoms. The molecular formula is C14H16N4O. The molecular weight excluding hydrogens is 240 g/mol. The quantitative estimate of drug-likeness (QED) is 0.853. The van der Waals surface area contributed by atoms with Crippen molar-refractivity contribution in [2.45, 2.75) is 13.8 Å². The Balaban J connectivity index is 2.93. The van der Waals surface area contributed by atoms with Crippen LogP contribution < -0.4 is 11.1 Å². The molecule has 1 unspecified atom stereocenters. The Labute approximate surface area is 112 Å². The first-order valence-electron chi connectivity index (χ1n) is 5.98. The van der Waals surface area contributed by atoms with Crippen molar-refractivity contribution in [2.24, 2.45) is 17.6 Å². The summed E-state index contributed by atoms with van der Waals surface area (Å²) in [6.45, 7) is 4.12. The summed E-state index contributed by atoms with van der Waals surface area (Å²) in [6.07, 6.45) is 0. The van der Waals surface area contributed by atoms with Crippen LogP contribution in [-0.4, -0.2) is 12.5 Å². The maximum absolute atomic E-state index is 12.0. The van der Waals surface area contributed by atoms with Crippen molar-refractivity contribution >= 4 is 11.6 Å². The Morgan fingerprint density at radius 2 is 1.95 bits per heavy atom. The van der Waals surface area contributed by atoms with E-state index in [0.717, 1.165) is 0 Å². The van der Waals surface area contributed by atoms with Gasteiger partial charge >= 0.3 is 0 Å². The Kier molecular flexibility index (Phi) is 5.05. The van der Waals surface area contributed by atoms with Crippen molar-refractivity contribution in [1.29, 1.82) is 10.5 Å². The van der Waals surface area contributed by atoms with E-state index in [1.54, 1.807) is 6.07 Å². The van der Waals surface area contributed by atoms with Gasteiger partial charge in [0.15, 0.2) is 0 Å². The van der Waals surface area contributed by atoms with Crippen molar-refractivity contribution in [1.82, 2.24) is 0 Å². The van der Waals surface area contributed by atoms with Crippen LogP contribution in [0.3, 0.4) is 0 Å². The predicted octanol–water partition coefficient (Wildman–Crippen LogP) is 1.60. The summed E-state index contributed by atoms with van der Waals surface area (Å²) in [5.74, 6) is -0.314. The minimum Gasteiger partial charge on any atom is -0.330 e. The van der Waals surface area contributed by atoms with E-state index in [1.807, 2.05) is 26.0 Å². The summed E-state index contributed by atoms with van der Waals surface area (Å²) in [5.41, 5.74) is 6.61. The highest BCUT2D eigenvalue weighted by Crippen LogP contribution is 2.17. The highest BCUT2D eigenvalue weighted by Gasteiger charge is 2.20. The summed E-state index contributed by atoms with van der Waals surface area (Å²) >= 11 is 0.